The Hall–Kier alpha value is -3.13. The second-order valence-electron chi connectivity index (χ2n) is 7.78. The molecule has 8 nitrogen and oxygen atoms in total. The largest absolute Gasteiger partial charge is 0.464 e. The van der Waals surface area contributed by atoms with Gasteiger partial charge in [-0.05, 0) is 31.9 Å². The van der Waals surface area contributed by atoms with Crippen molar-refractivity contribution in [1.29, 1.82) is 0 Å². The van der Waals surface area contributed by atoms with Crippen molar-refractivity contribution in [3.63, 3.8) is 0 Å². The van der Waals surface area contributed by atoms with E-state index in [-0.39, 0.29) is 31.1 Å². The molecule has 0 aliphatic carbocycles. The monoisotopic (exact) mass is 441 g/mol. The van der Waals surface area contributed by atoms with Crippen molar-refractivity contribution in [3.05, 3.63) is 58.9 Å². The van der Waals surface area contributed by atoms with Gasteiger partial charge < -0.3 is 24.3 Å². The lowest BCUT2D eigenvalue weighted by molar-refractivity contribution is -0.147. The van der Waals surface area contributed by atoms with Crippen LogP contribution < -0.4 is 5.32 Å². The number of carbonyl (C=O) groups excluding carboxylic acids is 3. The minimum atomic E-state index is -0.742. The average Bonchev–Trinajstić information content (AvgIpc) is 3.21. The Morgan fingerprint density at radius 2 is 1.94 bits per heavy atom. The van der Waals surface area contributed by atoms with Crippen LogP contribution in [0.15, 0.2) is 36.4 Å². The number of hydrogen-bond acceptors (Lipinski definition) is 5. The molecule has 0 spiro atoms. The van der Waals surface area contributed by atoms with Gasteiger partial charge in [-0.2, -0.15) is 0 Å². The predicted octanol–water partition coefficient (Wildman–Crippen LogP) is 2.92. The van der Waals surface area contributed by atoms with Crippen LogP contribution in [-0.2, 0) is 27.4 Å². The molecule has 8 heteroatoms. The van der Waals surface area contributed by atoms with Crippen LogP contribution in [0, 0.1) is 0 Å². The smallest absolute Gasteiger partial charge is 0.328 e. The van der Waals surface area contributed by atoms with Crippen molar-refractivity contribution >= 4 is 17.8 Å². The number of esters is 1. The van der Waals surface area contributed by atoms with E-state index in [0.717, 1.165) is 12.0 Å². The Morgan fingerprint density at radius 3 is 2.59 bits per heavy atom. The van der Waals surface area contributed by atoms with Crippen molar-refractivity contribution in [2.24, 2.45) is 0 Å². The highest BCUT2D eigenvalue weighted by Crippen LogP contribution is 2.24. The first-order valence-electron chi connectivity index (χ1n) is 11.0. The van der Waals surface area contributed by atoms with E-state index in [1.807, 2.05) is 41.8 Å². The zero-order valence-corrected chi connectivity index (χ0v) is 19.1. The second kappa shape index (κ2) is 10.5. The van der Waals surface area contributed by atoms with Gasteiger partial charge in [0.25, 0.3) is 11.8 Å². The molecule has 2 unspecified atom stereocenters. The quantitative estimate of drug-likeness (QED) is 0.636. The minimum absolute atomic E-state index is 0.144. The summed E-state index contributed by atoms with van der Waals surface area (Å²) in [5.74, 6) is -1.07. The van der Waals surface area contributed by atoms with Gasteiger partial charge in [0, 0.05) is 13.6 Å². The fourth-order valence-electron chi connectivity index (χ4n) is 3.82. The van der Waals surface area contributed by atoms with Gasteiger partial charge in [-0.15, -0.1) is 0 Å². The Balaban J connectivity index is 1.88. The van der Waals surface area contributed by atoms with Crippen LogP contribution in [0.25, 0.3) is 0 Å². The Labute approximate surface area is 188 Å². The lowest BCUT2D eigenvalue weighted by atomic mass is 10.0. The van der Waals surface area contributed by atoms with Crippen LogP contribution in [0.5, 0.6) is 0 Å². The van der Waals surface area contributed by atoms with Gasteiger partial charge in [0.15, 0.2) is 0 Å². The van der Waals surface area contributed by atoms with Crippen molar-refractivity contribution in [2.45, 2.75) is 52.4 Å². The van der Waals surface area contributed by atoms with Crippen molar-refractivity contribution in [1.82, 2.24) is 14.8 Å². The van der Waals surface area contributed by atoms with E-state index in [4.69, 9.17) is 9.47 Å². The molecule has 2 atom stereocenters. The Kier molecular flexibility index (Phi) is 7.69. The fraction of sp³-hybridized carbons (Fsp3) is 0.458. The van der Waals surface area contributed by atoms with Crippen LogP contribution in [0.3, 0.4) is 0 Å². The first-order valence-corrected chi connectivity index (χ1v) is 11.0. The number of fused-ring (bicyclic) bond motifs is 1. The first-order chi connectivity index (χ1) is 15.4. The maximum atomic E-state index is 13.2. The molecule has 1 aromatic carbocycles. The SMILES string of the molecule is CCOC(=O)C(C)N(C)C(=O)c1cc(C(=O)NC(CC)c2ccccc2)c2n1CCOC2. The van der Waals surface area contributed by atoms with E-state index in [1.165, 1.54) is 4.90 Å². The number of amides is 2. The summed E-state index contributed by atoms with van der Waals surface area (Å²) in [4.78, 5) is 39.9. The molecule has 0 bridgehead atoms. The summed E-state index contributed by atoms with van der Waals surface area (Å²) in [5, 5.41) is 3.08. The molecule has 1 N–H and O–H groups in total. The first kappa shape index (κ1) is 23.5. The van der Waals surface area contributed by atoms with Gasteiger partial charge in [-0.3, -0.25) is 9.59 Å². The fourth-order valence-corrected chi connectivity index (χ4v) is 3.82. The molecule has 0 radical (unpaired) electrons. The zero-order valence-electron chi connectivity index (χ0n) is 19.1. The summed E-state index contributed by atoms with van der Waals surface area (Å²) in [7, 11) is 1.56. The average molecular weight is 442 g/mol. The molecular weight excluding hydrogens is 410 g/mol. The third-order valence-electron chi connectivity index (χ3n) is 5.81. The third kappa shape index (κ3) is 4.85. The van der Waals surface area contributed by atoms with Crippen molar-refractivity contribution in [3.8, 4) is 0 Å². The molecule has 172 valence electrons. The number of likely N-dealkylation sites (N-methyl/N-ethyl adjacent to an activating group) is 1. The maximum absolute atomic E-state index is 13.2. The number of carbonyl (C=O) groups is 3. The molecule has 3 rings (SSSR count). The van der Waals surface area contributed by atoms with E-state index in [9.17, 15) is 14.4 Å². The van der Waals surface area contributed by atoms with E-state index in [0.29, 0.717) is 30.1 Å². The summed E-state index contributed by atoms with van der Waals surface area (Å²) in [5.41, 5.74) is 2.46. The molecule has 0 saturated carbocycles. The van der Waals surface area contributed by atoms with Crippen LogP contribution in [0.1, 0.15) is 65.3 Å². The number of hydrogen-bond donors (Lipinski definition) is 1. The molecule has 2 heterocycles. The highest BCUT2D eigenvalue weighted by Gasteiger charge is 2.31. The summed E-state index contributed by atoms with van der Waals surface area (Å²) >= 11 is 0. The molecule has 0 saturated heterocycles. The van der Waals surface area contributed by atoms with Crippen LogP contribution in [-0.4, -0.2) is 53.6 Å². The zero-order chi connectivity index (χ0) is 23.3. The van der Waals surface area contributed by atoms with E-state index in [2.05, 4.69) is 5.32 Å². The van der Waals surface area contributed by atoms with Gasteiger partial charge in [-0.25, -0.2) is 4.79 Å². The van der Waals surface area contributed by atoms with Gasteiger partial charge in [0.05, 0.1) is 37.1 Å². The normalized spacial score (nSPS) is 14.8. The van der Waals surface area contributed by atoms with Crippen LogP contribution in [0.2, 0.25) is 0 Å². The van der Waals surface area contributed by atoms with Crippen LogP contribution >= 0.6 is 0 Å². The summed E-state index contributed by atoms with van der Waals surface area (Å²) < 4.78 is 12.4. The molecule has 0 fully saturated rings. The van der Waals surface area contributed by atoms with E-state index in [1.54, 1.807) is 27.0 Å². The minimum Gasteiger partial charge on any atom is -0.464 e. The molecule has 1 aliphatic rings. The molecule has 1 aromatic heterocycles. The van der Waals surface area contributed by atoms with E-state index < -0.39 is 12.0 Å². The summed E-state index contributed by atoms with van der Waals surface area (Å²) in [6.45, 7) is 6.75. The number of ether oxygens (including phenoxy) is 2. The Morgan fingerprint density at radius 1 is 1.22 bits per heavy atom. The predicted molar refractivity (Wildman–Crippen MR) is 119 cm³/mol. The van der Waals surface area contributed by atoms with Crippen molar-refractivity contribution < 1.29 is 23.9 Å². The lowest BCUT2D eigenvalue weighted by Crippen LogP contribution is -2.42. The molecule has 2 aromatic rings. The van der Waals surface area contributed by atoms with Gasteiger partial charge in [0.2, 0.25) is 0 Å². The topological polar surface area (TPSA) is 89.9 Å². The van der Waals surface area contributed by atoms with E-state index >= 15 is 0 Å². The van der Waals surface area contributed by atoms with Gasteiger partial charge in [0.1, 0.15) is 11.7 Å². The number of benzene rings is 1. The lowest BCUT2D eigenvalue weighted by Gasteiger charge is -2.25. The summed E-state index contributed by atoms with van der Waals surface area (Å²) in [6, 6.07) is 10.5. The molecular formula is C24H31N3O5. The number of nitrogens with one attached hydrogen (secondary N) is 1. The van der Waals surface area contributed by atoms with Gasteiger partial charge >= 0.3 is 5.97 Å². The highest BCUT2D eigenvalue weighted by atomic mass is 16.5. The van der Waals surface area contributed by atoms with Crippen LogP contribution in [0.4, 0.5) is 0 Å². The molecule has 1 aliphatic heterocycles. The standard InChI is InChI=1S/C24H31N3O5/c1-5-19(17-10-8-7-9-11-17)25-22(28)18-14-20(27-12-13-31-15-21(18)27)23(29)26(4)16(3)24(30)32-6-2/h7-11,14,16,19H,5-6,12-13,15H2,1-4H3,(H,25,28). The third-order valence-corrected chi connectivity index (χ3v) is 5.81. The number of rotatable bonds is 8. The highest BCUT2D eigenvalue weighted by molar-refractivity contribution is 6.01. The number of nitrogens with zero attached hydrogens (tertiary/aromatic N) is 2. The maximum Gasteiger partial charge on any atom is 0.328 e. The summed E-state index contributed by atoms with van der Waals surface area (Å²) in [6.07, 6.45) is 0.730. The molecule has 2 amide bonds. The number of aromatic nitrogens is 1. The van der Waals surface area contributed by atoms with Gasteiger partial charge in [-0.1, -0.05) is 37.3 Å². The Bertz CT molecular complexity index is 970. The molecule has 32 heavy (non-hydrogen) atoms. The van der Waals surface area contributed by atoms with Crippen molar-refractivity contribution in [2.75, 3.05) is 20.3 Å². The second-order valence-corrected chi connectivity index (χ2v) is 7.78.